The highest BCUT2D eigenvalue weighted by atomic mass is 32.2. The van der Waals surface area contributed by atoms with Crippen molar-refractivity contribution in [1.82, 2.24) is 0 Å². The first-order valence-electron chi connectivity index (χ1n) is 5.95. The van der Waals surface area contributed by atoms with Crippen LogP contribution in [-0.4, -0.2) is 12.8 Å². The van der Waals surface area contributed by atoms with E-state index in [0.29, 0.717) is 0 Å². The van der Waals surface area contributed by atoms with Gasteiger partial charge in [-0.3, -0.25) is 4.79 Å². The number of nitrogens with zero attached hydrogens (tertiary/aromatic N) is 1. The zero-order valence-corrected chi connectivity index (χ0v) is 10.7. The minimum atomic E-state index is 0.729. The lowest BCUT2D eigenvalue weighted by molar-refractivity contribution is 0.112. The van der Waals surface area contributed by atoms with Crippen molar-refractivity contribution >= 4 is 23.9 Å². The van der Waals surface area contributed by atoms with Crippen molar-refractivity contribution in [2.24, 2.45) is 0 Å². The first kappa shape index (κ1) is 11.4. The highest BCUT2D eigenvalue weighted by molar-refractivity contribution is 8.00. The molecule has 3 rings (SSSR count). The molecule has 0 aliphatic carbocycles. The van der Waals surface area contributed by atoms with Crippen LogP contribution in [0.3, 0.4) is 0 Å². The molecule has 1 aliphatic rings. The van der Waals surface area contributed by atoms with Crippen LogP contribution in [0.25, 0.3) is 0 Å². The number of rotatable bonds is 3. The summed E-state index contributed by atoms with van der Waals surface area (Å²) < 4.78 is 2.29. The molecule has 0 aromatic heterocycles. The first-order valence-corrected chi connectivity index (χ1v) is 6.73. The third-order valence-electron chi connectivity index (χ3n) is 3.05. The van der Waals surface area contributed by atoms with Gasteiger partial charge in [-0.25, -0.2) is 0 Å². The van der Waals surface area contributed by atoms with Crippen LogP contribution in [0.4, 0.5) is 5.69 Å². The Morgan fingerprint density at radius 2 is 2.00 bits per heavy atom. The van der Waals surface area contributed by atoms with Gasteiger partial charge < -0.3 is 4.31 Å². The second-order valence-corrected chi connectivity index (χ2v) is 5.36. The SMILES string of the molecule is O=Cc1cccc(SN2CCc3ccccc32)c1. The second-order valence-electron chi connectivity index (χ2n) is 4.26. The number of anilines is 1. The second kappa shape index (κ2) is 4.86. The Bertz CT molecular complexity index is 582. The predicted molar refractivity (Wildman–Crippen MR) is 75.2 cm³/mol. The number of hydrogen-bond acceptors (Lipinski definition) is 3. The van der Waals surface area contributed by atoms with E-state index >= 15 is 0 Å². The number of fused-ring (bicyclic) bond motifs is 1. The number of carbonyl (C=O) groups is 1. The fourth-order valence-corrected chi connectivity index (χ4v) is 3.22. The molecule has 0 fully saturated rings. The molecule has 18 heavy (non-hydrogen) atoms. The van der Waals surface area contributed by atoms with E-state index in [1.807, 2.05) is 24.3 Å². The van der Waals surface area contributed by atoms with Crippen LogP contribution >= 0.6 is 11.9 Å². The summed E-state index contributed by atoms with van der Waals surface area (Å²) in [6, 6.07) is 16.2. The van der Waals surface area contributed by atoms with Crippen molar-refractivity contribution in [3.63, 3.8) is 0 Å². The Hall–Kier alpha value is -1.74. The van der Waals surface area contributed by atoms with Gasteiger partial charge in [0.15, 0.2) is 0 Å². The van der Waals surface area contributed by atoms with Gasteiger partial charge in [0.1, 0.15) is 6.29 Å². The first-order chi connectivity index (χ1) is 8.86. The number of carbonyl (C=O) groups excluding carboxylic acids is 1. The van der Waals surface area contributed by atoms with Crippen LogP contribution in [0.2, 0.25) is 0 Å². The van der Waals surface area contributed by atoms with Gasteiger partial charge in [0, 0.05) is 17.0 Å². The average molecular weight is 255 g/mol. The van der Waals surface area contributed by atoms with Crippen LogP contribution < -0.4 is 4.31 Å². The molecule has 2 nitrogen and oxygen atoms in total. The van der Waals surface area contributed by atoms with Crippen LogP contribution in [0.1, 0.15) is 15.9 Å². The molecule has 90 valence electrons. The third-order valence-corrected chi connectivity index (χ3v) is 4.12. The molecular formula is C15H13NOS. The molecule has 0 unspecified atom stereocenters. The summed E-state index contributed by atoms with van der Waals surface area (Å²) >= 11 is 1.70. The molecule has 0 saturated heterocycles. The highest BCUT2D eigenvalue weighted by Crippen LogP contribution is 2.36. The van der Waals surface area contributed by atoms with Gasteiger partial charge in [-0.15, -0.1) is 0 Å². The summed E-state index contributed by atoms with van der Waals surface area (Å²) in [5, 5.41) is 0. The van der Waals surface area contributed by atoms with Crippen molar-refractivity contribution in [2.75, 3.05) is 10.8 Å². The standard InChI is InChI=1S/C15H13NOS/c17-11-12-4-3-6-14(10-12)18-16-9-8-13-5-1-2-7-15(13)16/h1-7,10-11H,8-9H2. The Kier molecular flexibility index (Phi) is 3.07. The molecule has 2 aromatic carbocycles. The molecule has 3 heteroatoms. The predicted octanol–water partition coefficient (Wildman–Crippen LogP) is 3.57. The summed E-state index contributed by atoms with van der Waals surface area (Å²) in [5.41, 5.74) is 3.42. The third kappa shape index (κ3) is 2.14. The van der Waals surface area contributed by atoms with E-state index in [1.54, 1.807) is 11.9 Å². The molecule has 0 atom stereocenters. The summed E-state index contributed by atoms with van der Waals surface area (Å²) in [7, 11) is 0. The Morgan fingerprint density at radius 1 is 1.11 bits per heavy atom. The van der Waals surface area contributed by atoms with Gasteiger partial charge in [0.25, 0.3) is 0 Å². The number of benzene rings is 2. The van der Waals surface area contributed by atoms with Crippen molar-refractivity contribution < 1.29 is 4.79 Å². The van der Waals surface area contributed by atoms with E-state index in [-0.39, 0.29) is 0 Å². The van der Waals surface area contributed by atoms with Gasteiger partial charge >= 0.3 is 0 Å². The summed E-state index contributed by atoms with van der Waals surface area (Å²) in [5.74, 6) is 0. The molecule has 1 aliphatic heterocycles. The molecule has 1 heterocycles. The zero-order chi connectivity index (χ0) is 12.4. The quantitative estimate of drug-likeness (QED) is 0.617. The lowest BCUT2D eigenvalue weighted by atomic mass is 10.2. The molecule has 0 spiro atoms. The fourth-order valence-electron chi connectivity index (χ4n) is 2.17. The molecular weight excluding hydrogens is 242 g/mol. The maximum atomic E-state index is 10.8. The number of para-hydroxylation sites is 1. The van der Waals surface area contributed by atoms with E-state index in [4.69, 9.17) is 0 Å². The minimum Gasteiger partial charge on any atom is -0.312 e. The van der Waals surface area contributed by atoms with Crippen molar-refractivity contribution in [1.29, 1.82) is 0 Å². The van der Waals surface area contributed by atoms with Crippen molar-refractivity contribution in [2.45, 2.75) is 11.3 Å². The van der Waals surface area contributed by atoms with Gasteiger partial charge in [-0.05, 0) is 42.1 Å². The van der Waals surface area contributed by atoms with Crippen LogP contribution in [0.15, 0.2) is 53.4 Å². The molecule has 0 radical (unpaired) electrons. The van der Waals surface area contributed by atoms with E-state index in [0.717, 1.165) is 29.7 Å². The fraction of sp³-hybridized carbons (Fsp3) is 0.133. The smallest absolute Gasteiger partial charge is 0.150 e. The zero-order valence-electron chi connectivity index (χ0n) is 9.87. The summed E-state index contributed by atoms with van der Waals surface area (Å²) in [6.07, 6.45) is 1.98. The van der Waals surface area contributed by atoms with Crippen LogP contribution in [0.5, 0.6) is 0 Å². The Morgan fingerprint density at radius 3 is 2.89 bits per heavy atom. The van der Waals surface area contributed by atoms with Crippen molar-refractivity contribution in [3.8, 4) is 0 Å². The highest BCUT2D eigenvalue weighted by Gasteiger charge is 2.19. The van der Waals surface area contributed by atoms with Gasteiger partial charge in [-0.2, -0.15) is 0 Å². The molecule has 2 aromatic rings. The normalized spacial score (nSPS) is 13.4. The molecule has 0 amide bonds. The molecule has 0 bridgehead atoms. The maximum Gasteiger partial charge on any atom is 0.150 e. The largest absolute Gasteiger partial charge is 0.312 e. The van der Waals surface area contributed by atoms with E-state index in [1.165, 1.54) is 11.3 Å². The van der Waals surface area contributed by atoms with Gasteiger partial charge in [0.2, 0.25) is 0 Å². The molecule has 0 saturated carbocycles. The molecule has 0 N–H and O–H groups in total. The maximum absolute atomic E-state index is 10.8. The average Bonchev–Trinajstić information content (AvgIpc) is 2.83. The Balaban J connectivity index is 1.84. The van der Waals surface area contributed by atoms with Crippen molar-refractivity contribution in [3.05, 3.63) is 59.7 Å². The summed E-state index contributed by atoms with van der Waals surface area (Å²) in [6.45, 7) is 1.02. The van der Waals surface area contributed by atoms with Gasteiger partial charge in [-0.1, -0.05) is 30.3 Å². The minimum absolute atomic E-state index is 0.729. The monoisotopic (exact) mass is 255 g/mol. The van der Waals surface area contributed by atoms with E-state index in [2.05, 4.69) is 28.6 Å². The number of hydrogen-bond donors (Lipinski definition) is 0. The number of aldehydes is 1. The van der Waals surface area contributed by atoms with E-state index in [9.17, 15) is 4.79 Å². The van der Waals surface area contributed by atoms with Crippen LogP contribution in [0, 0.1) is 0 Å². The van der Waals surface area contributed by atoms with Gasteiger partial charge in [0.05, 0.1) is 5.69 Å². The topological polar surface area (TPSA) is 20.3 Å². The lowest BCUT2D eigenvalue weighted by Gasteiger charge is -2.17. The summed E-state index contributed by atoms with van der Waals surface area (Å²) in [4.78, 5) is 11.9. The lowest BCUT2D eigenvalue weighted by Crippen LogP contribution is -2.09. The van der Waals surface area contributed by atoms with E-state index < -0.39 is 0 Å². The Labute approximate surface area is 111 Å². The van der Waals surface area contributed by atoms with Crippen LogP contribution in [-0.2, 0) is 6.42 Å².